The van der Waals surface area contributed by atoms with E-state index >= 15 is 0 Å². The third-order valence-corrected chi connectivity index (χ3v) is 5.73. The fraction of sp³-hybridized carbons (Fsp3) is 0.474. The van der Waals surface area contributed by atoms with Gasteiger partial charge < -0.3 is 10.2 Å². The number of likely N-dealkylation sites (tertiary alicyclic amines) is 1. The van der Waals surface area contributed by atoms with Crippen LogP contribution in [0.25, 0.3) is 0 Å². The lowest BCUT2D eigenvalue weighted by Crippen LogP contribution is -2.36. The Labute approximate surface area is 165 Å². The van der Waals surface area contributed by atoms with Gasteiger partial charge in [0, 0.05) is 19.5 Å². The minimum absolute atomic E-state index is 0.0448. The number of halogens is 4. The molecule has 2 atom stereocenters. The van der Waals surface area contributed by atoms with E-state index in [1.807, 2.05) is 19.1 Å². The number of hydrogen-bond acceptors (Lipinski definition) is 3. The number of amides is 1. The van der Waals surface area contributed by atoms with Crippen molar-refractivity contribution in [1.82, 2.24) is 14.7 Å². The molecule has 4 rings (SSSR count). The van der Waals surface area contributed by atoms with Gasteiger partial charge in [-0.25, -0.2) is 4.68 Å². The number of anilines is 1. The molecule has 1 aromatic carbocycles. The van der Waals surface area contributed by atoms with E-state index in [0.717, 1.165) is 28.7 Å². The molecule has 2 aliphatic heterocycles. The van der Waals surface area contributed by atoms with Crippen LogP contribution in [0.15, 0.2) is 24.3 Å². The second-order valence-electron chi connectivity index (χ2n) is 7.36. The Morgan fingerprint density at radius 1 is 1.21 bits per heavy atom. The molecule has 150 valence electrons. The van der Waals surface area contributed by atoms with Crippen LogP contribution in [0.5, 0.6) is 0 Å². The smallest absolute Gasteiger partial charge is 0.362 e. The number of alkyl halides is 3. The first-order chi connectivity index (χ1) is 13.3. The average Bonchev–Trinajstić information content (AvgIpc) is 3.29. The molecular weight excluding hydrogens is 393 g/mol. The molecule has 5 nitrogen and oxygen atoms in total. The molecule has 1 amide bonds. The van der Waals surface area contributed by atoms with Gasteiger partial charge in [0.05, 0.1) is 6.04 Å². The summed E-state index contributed by atoms with van der Waals surface area (Å²) in [5, 5.41) is 7.01. The number of hydrogen-bond donors (Lipinski definition) is 1. The third-order valence-electron chi connectivity index (χ3n) is 5.37. The van der Waals surface area contributed by atoms with E-state index in [-0.39, 0.29) is 23.0 Å². The number of fused-ring (bicyclic) bond motifs is 1. The van der Waals surface area contributed by atoms with Crippen molar-refractivity contribution in [2.45, 2.75) is 44.4 Å². The summed E-state index contributed by atoms with van der Waals surface area (Å²) in [6.07, 6.45) is -3.00. The van der Waals surface area contributed by atoms with Gasteiger partial charge in [0.25, 0.3) is 5.91 Å². The summed E-state index contributed by atoms with van der Waals surface area (Å²) in [4.78, 5) is 14.3. The van der Waals surface area contributed by atoms with Crippen molar-refractivity contribution in [1.29, 1.82) is 0 Å². The minimum Gasteiger partial charge on any atom is -0.362 e. The van der Waals surface area contributed by atoms with Crippen LogP contribution < -0.4 is 5.32 Å². The van der Waals surface area contributed by atoms with E-state index < -0.39 is 24.2 Å². The quantitative estimate of drug-likeness (QED) is 0.775. The van der Waals surface area contributed by atoms with Crippen LogP contribution in [0.2, 0.25) is 5.02 Å². The predicted molar refractivity (Wildman–Crippen MR) is 99.6 cm³/mol. The van der Waals surface area contributed by atoms with Crippen molar-refractivity contribution >= 4 is 23.3 Å². The maximum atomic E-state index is 13.8. The van der Waals surface area contributed by atoms with Crippen LogP contribution in [0.4, 0.5) is 19.0 Å². The second kappa shape index (κ2) is 6.99. The molecule has 0 saturated carbocycles. The van der Waals surface area contributed by atoms with Gasteiger partial charge in [-0.05, 0) is 25.3 Å². The second-order valence-corrected chi connectivity index (χ2v) is 7.73. The van der Waals surface area contributed by atoms with Gasteiger partial charge in [-0.3, -0.25) is 4.79 Å². The maximum Gasteiger partial charge on any atom is 0.410 e. The molecule has 1 fully saturated rings. The van der Waals surface area contributed by atoms with Crippen LogP contribution in [-0.4, -0.2) is 39.9 Å². The Hall–Kier alpha value is -2.22. The summed E-state index contributed by atoms with van der Waals surface area (Å²) in [7, 11) is 0. The fourth-order valence-corrected chi connectivity index (χ4v) is 4.07. The lowest BCUT2D eigenvalue weighted by atomic mass is 9.96. The molecule has 0 unspecified atom stereocenters. The molecule has 3 heterocycles. The molecule has 0 radical (unpaired) electrons. The summed E-state index contributed by atoms with van der Waals surface area (Å²) >= 11 is 6.35. The van der Waals surface area contributed by atoms with Gasteiger partial charge in [-0.1, -0.05) is 41.4 Å². The highest BCUT2D eigenvalue weighted by Crippen LogP contribution is 2.46. The third kappa shape index (κ3) is 3.34. The van der Waals surface area contributed by atoms with Gasteiger partial charge >= 0.3 is 6.18 Å². The zero-order chi connectivity index (χ0) is 20.1. The number of rotatable bonds is 2. The van der Waals surface area contributed by atoms with Crippen LogP contribution in [0, 0.1) is 6.92 Å². The Balaban J connectivity index is 1.73. The molecule has 0 spiro atoms. The van der Waals surface area contributed by atoms with E-state index in [9.17, 15) is 18.0 Å². The summed E-state index contributed by atoms with van der Waals surface area (Å²) in [5.74, 6) is -0.373. The number of nitrogens with zero attached hydrogens (tertiary/aromatic N) is 3. The van der Waals surface area contributed by atoms with E-state index in [4.69, 9.17) is 11.6 Å². The SMILES string of the molecule is Cc1ccc([C@@H]2C[C@H](C(F)(F)F)n3nc(C(=O)N4CCCC4)c(Cl)c3N2)cc1. The van der Waals surface area contributed by atoms with Crippen molar-refractivity contribution in [3.63, 3.8) is 0 Å². The van der Waals surface area contributed by atoms with Crippen LogP contribution in [0.1, 0.15) is 53.0 Å². The monoisotopic (exact) mass is 412 g/mol. The van der Waals surface area contributed by atoms with Gasteiger partial charge in [-0.15, -0.1) is 0 Å². The predicted octanol–water partition coefficient (Wildman–Crippen LogP) is 4.74. The largest absolute Gasteiger partial charge is 0.410 e. The number of benzene rings is 1. The average molecular weight is 413 g/mol. The standard InChI is InChI=1S/C19H20ClF3N4O/c1-11-4-6-12(7-5-11)13-10-14(19(21,22)23)27-17(24-13)15(20)16(25-27)18(28)26-8-2-3-9-26/h4-7,13-14,24H,2-3,8-10H2,1H3/t13-,14+/m0/s1. The zero-order valence-corrected chi connectivity index (χ0v) is 16.0. The van der Waals surface area contributed by atoms with Crippen molar-refractivity contribution in [2.75, 3.05) is 18.4 Å². The molecule has 2 aromatic rings. The molecule has 1 N–H and O–H groups in total. The Morgan fingerprint density at radius 2 is 1.86 bits per heavy atom. The summed E-state index contributed by atoms with van der Waals surface area (Å²) in [6.45, 7) is 3.05. The molecule has 2 aliphatic rings. The first-order valence-corrected chi connectivity index (χ1v) is 9.60. The number of nitrogens with one attached hydrogen (secondary N) is 1. The highest BCUT2D eigenvalue weighted by molar-refractivity contribution is 6.36. The van der Waals surface area contributed by atoms with Gasteiger partial charge in [-0.2, -0.15) is 18.3 Å². The van der Waals surface area contributed by atoms with Crippen LogP contribution >= 0.6 is 11.6 Å². The van der Waals surface area contributed by atoms with E-state index in [1.54, 1.807) is 17.0 Å². The van der Waals surface area contributed by atoms with Crippen LogP contribution in [-0.2, 0) is 0 Å². The Bertz CT molecular complexity index is 888. The fourth-order valence-electron chi connectivity index (χ4n) is 3.81. The molecule has 1 aromatic heterocycles. The van der Waals surface area contributed by atoms with E-state index in [0.29, 0.717) is 13.1 Å². The first kappa shape index (κ1) is 19.1. The van der Waals surface area contributed by atoms with E-state index in [1.165, 1.54) is 0 Å². The number of aryl methyl sites for hydroxylation is 1. The maximum absolute atomic E-state index is 13.8. The highest BCUT2D eigenvalue weighted by atomic mass is 35.5. The van der Waals surface area contributed by atoms with Gasteiger partial charge in [0.2, 0.25) is 0 Å². The summed E-state index contributed by atoms with van der Waals surface area (Å²) in [6, 6.07) is 4.88. The Morgan fingerprint density at radius 3 is 2.46 bits per heavy atom. The molecule has 1 saturated heterocycles. The molecular formula is C19H20ClF3N4O. The van der Waals surface area contributed by atoms with Gasteiger partial charge in [0.1, 0.15) is 10.8 Å². The minimum atomic E-state index is -4.51. The summed E-state index contributed by atoms with van der Waals surface area (Å²) in [5.41, 5.74) is 1.63. The van der Waals surface area contributed by atoms with Crippen LogP contribution in [0.3, 0.4) is 0 Å². The van der Waals surface area contributed by atoms with E-state index in [2.05, 4.69) is 10.4 Å². The number of carbonyl (C=O) groups is 1. The lowest BCUT2D eigenvalue weighted by molar-refractivity contribution is -0.173. The number of carbonyl (C=O) groups excluding carboxylic acids is 1. The lowest BCUT2D eigenvalue weighted by Gasteiger charge is -2.33. The Kier molecular flexibility index (Phi) is 4.77. The molecule has 0 bridgehead atoms. The topological polar surface area (TPSA) is 50.2 Å². The van der Waals surface area contributed by atoms with Crippen molar-refractivity contribution < 1.29 is 18.0 Å². The van der Waals surface area contributed by atoms with Gasteiger partial charge in [0.15, 0.2) is 11.7 Å². The van der Waals surface area contributed by atoms with Crippen molar-refractivity contribution in [3.8, 4) is 0 Å². The molecule has 28 heavy (non-hydrogen) atoms. The normalized spacial score (nSPS) is 22.1. The zero-order valence-electron chi connectivity index (χ0n) is 15.3. The highest BCUT2D eigenvalue weighted by Gasteiger charge is 2.48. The summed E-state index contributed by atoms with van der Waals surface area (Å²) < 4.78 is 42.2. The first-order valence-electron chi connectivity index (χ1n) is 9.23. The molecule has 0 aliphatic carbocycles. The van der Waals surface area contributed by atoms with Crippen molar-refractivity contribution in [3.05, 3.63) is 46.1 Å². The number of aromatic nitrogens is 2. The molecule has 9 heteroatoms. The van der Waals surface area contributed by atoms with Crippen molar-refractivity contribution in [2.24, 2.45) is 0 Å².